The predicted octanol–water partition coefficient (Wildman–Crippen LogP) is 9.32. The van der Waals surface area contributed by atoms with Gasteiger partial charge in [-0.1, -0.05) is 43.6 Å². The van der Waals surface area contributed by atoms with Crippen molar-refractivity contribution in [3.8, 4) is 29.4 Å². The molecule has 0 N–H and O–H groups in total. The van der Waals surface area contributed by atoms with Crippen LogP contribution < -0.4 is 4.74 Å². The molecule has 0 radical (unpaired) electrons. The van der Waals surface area contributed by atoms with Crippen LogP contribution in [0.5, 0.6) is 5.75 Å². The lowest BCUT2D eigenvalue weighted by molar-refractivity contribution is -0.187. The maximum absolute atomic E-state index is 14.6. The largest absolute Gasteiger partial charge is 0.429 e. The Labute approximate surface area is 252 Å². The molecule has 0 atom stereocenters. The Morgan fingerprint density at radius 3 is 1.91 bits per heavy atom. The molecule has 2 nitrogen and oxygen atoms in total. The lowest BCUT2D eigenvalue weighted by atomic mass is 10.1. The molecule has 4 rings (SSSR count). The molecule has 0 aliphatic rings. The van der Waals surface area contributed by atoms with Crippen LogP contribution in [0, 0.1) is 47.0 Å². The Kier molecular flexibility index (Phi) is 10.1. The third-order valence-electron chi connectivity index (χ3n) is 6.37. The van der Waals surface area contributed by atoms with Crippen LogP contribution in [0.2, 0.25) is 0 Å². The Balaban J connectivity index is 1.45. The van der Waals surface area contributed by atoms with Crippen LogP contribution in [-0.2, 0) is 18.7 Å². The van der Waals surface area contributed by atoms with Gasteiger partial charge >= 0.3 is 12.3 Å². The first kappa shape index (κ1) is 33.0. The summed E-state index contributed by atoms with van der Waals surface area (Å²) in [6.07, 6.45) is -3.95. The molecule has 232 valence electrons. The number of halogens is 9. The smallest absolute Gasteiger partial charge is 0.429 e. The van der Waals surface area contributed by atoms with E-state index in [2.05, 4.69) is 40.3 Å². The zero-order valence-corrected chi connectivity index (χ0v) is 23.4. The number of nitrogens with zero attached hydrogens (tertiary/aromatic N) is 1. The molecule has 0 saturated carbocycles. The van der Waals surface area contributed by atoms with E-state index in [1.54, 1.807) is 12.3 Å². The molecule has 0 aliphatic carbocycles. The van der Waals surface area contributed by atoms with Gasteiger partial charge in [-0.15, -0.1) is 0 Å². The minimum absolute atomic E-state index is 0.0837. The Hall–Kier alpha value is -4.90. The maximum Gasteiger partial charge on any atom is 0.429 e. The van der Waals surface area contributed by atoms with E-state index in [1.165, 1.54) is 12.1 Å². The van der Waals surface area contributed by atoms with Crippen LogP contribution in [-0.4, -0.2) is 4.98 Å². The van der Waals surface area contributed by atoms with Crippen LogP contribution in [0.1, 0.15) is 65.3 Å². The van der Waals surface area contributed by atoms with Gasteiger partial charge in [0.15, 0.2) is 0 Å². The van der Waals surface area contributed by atoms with Gasteiger partial charge in [-0.2, -0.15) is 22.0 Å². The van der Waals surface area contributed by atoms with Gasteiger partial charge in [0.1, 0.15) is 45.8 Å². The molecular weight excluding hydrogens is 609 g/mol. The first-order valence-electron chi connectivity index (χ1n) is 13.5. The lowest BCUT2D eigenvalue weighted by Crippen LogP contribution is -2.24. The van der Waals surface area contributed by atoms with Crippen molar-refractivity contribution in [2.75, 3.05) is 0 Å². The van der Waals surface area contributed by atoms with Crippen molar-refractivity contribution in [1.82, 2.24) is 4.98 Å². The highest BCUT2D eigenvalue weighted by atomic mass is 19.4. The summed E-state index contributed by atoms with van der Waals surface area (Å²) in [5.74, 6) is 2.61. The molecule has 1 heterocycles. The number of alkyl halides is 5. The van der Waals surface area contributed by atoms with Gasteiger partial charge in [0, 0.05) is 29.5 Å². The van der Waals surface area contributed by atoms with Gasteiger partial charge < -0.3 is 4.74 Å². The maximum atomic E-state index is 14.6. The third-order valence-corrected chi connectivity index (χ3v) is 6.37. The lowest BCUT2D eigenvalue weighted by Gasteiger charge is -2.20. The summed E-state index contributed by atoms with van der Waals surface area (Å²) in [5, 5.41) is 0. The minimum Gasteiger partial charge on any atom is -0.429 e. The third kappa shape index (κ3) is 8.60. The molecule has 0 unspecified atom stereocenters. The second kappa shape index (κ2) is 13.8. The number of hydrogen-bond acceptors (Lipinski definition) is 2. The SMILES string of the molecule is CCCCCc1ccc(C#Cc2ccc(C#Cc3ccc(C(F)(F)Oc4cc(F)c(C(F)(F)F)c(F)c4)c(F)c3)c(F)c2)nc1. The second-order valence-electron chi connectivity index (χ2n) is 9.78. The predicted molar refractivity (Wildman–Crippen MR) is 148 cm³/mol. The molecular formula is C34H22F9NO. The Morgan fingerprint density at radius 1 is 0.689 bits per heavy atom. The number of pyridine rings is 1. The van der Waals surface area contributed by atoms with Crippen LogP contribution in [0.3, 0.4) is 0 Å². The standard InChI is InChI=1S/C34H22F9NO/c1-2-3-4-5-23-9-14-25(44-20-23)13-8-21-6-11-24(28(35)16-21)12-7-22-10-15-27(29(36)17-22)34(42,43)45-26-18-30(37)32(31(38)19-26)33(39,40)41/h6,9-11,14-20H,2-5H2,1H3. The highest BCUT2D eigenvalue weighted by Crippen LogP contribution is 2.38. The highest BCUT2D eigenvalue weighted by molar-refractivity contribution is 5.48. The number of unbranched alkanes of at least 4 members (excludes halogenated alkanes) is 2. The fraction of sp³-hybridized carbons (Fsp3) is 0.206. The molecule has 0 spiro atoms. The molecule has 0 bridgehead atoms. The summed E-state index contributed by atoms with van der Waals surface area (Å²) in [5.41, 5.74) is -1.93. The van der Waals surface area contributed by atoms with Crippen LogP contribution in [0.25, 0.3) is 0 Å². The Bertz CT molecular complexity index is 1790. The molecule has 1 aromatic heterocycles. The van der Waals surface area contributed by atoms with E-state index in [0.717, 1.165) is 43.4 Å². The average Bonchev–Trinajstić information content (AvgIpc) is 2.95. The van der Waals surface area contributed by atoms with Gasteiger partial charge in [0.05, 0.1) is 5.56 Å². The fourth-order valence-corrected chi connectivity index (χ4v) is 4.11. The van der Waals surface area contributed by atoms with E-state index in [0.29, 0.717) is 23.4 Å². The van der Waals surface area contributed by atoms with E-state index in [9.17, 15) is 39.5 Å². The van der Waals surface area contributed by atoms with Crippen molar-refractivity contribution < 1.29 is 44.3 Å². The highest BCUT2D eigenvalue weighted by Gasteiger charge is 2.41. The van der Waals surface area contributed by atoms with Crippen molar-refractivity contribution in [3.63, 3.8) is 0 Å². The van der Waals surface area contributed by atoms with Crippen LogP contribution >= 0.6 is 0 Å². The van der Waals surface area contributed by atoms with E-state index in [1.807, 2.05) is 6.07 Å². The zero-order valence-electron chi connectivity index (χ0n) is 23.4. The first-order chi connectivity index (χ1) is 21.3. The topological polar surface area (TPSA) is 22.1 Å². The normalized spacial score (nSPS) is 11.3. The number of hydrogen-bond donors (Lipinski definition) is 0. The van der Waals surface area contributed by atoms with Crippen molar-refractivity contribution in [3.05, 3.63) is 129 Å². The van der Waals surface area contributed by atoms with Crippen LogP contribution in [0.4, 0.5) is 39.5 Å². The monoisotopic (exact) mass is 631 g/mol. The number of benzene rings is 3. The number of ether oxygens (including phenoxy) is 1. The summed E-state index contributed by atoms with van der Waals surface area (Å²) < 4.78 is 128. The Morgan fingerprint density at radius 2 is 1.33 bits per heavy atom. The summed E-state index contributed by atoms with van der Waals surface area (Å²) in [6.45, 7) is 2.13. The van der Waals surface area contributed by atoms with Gasteiger partial charge in [-0.3, -0.25) is 0 Å². The molecule has 45 heavy (non-hydrogen) atoms. The summed E-state index contributed by atoms with van der Waals surface area (Å²) in [4.78, 5) is 4.30. The van der Waals surface area contributed by atoms with Gasteiger partial charge in [-0.05, 0) is 66.8 Å². The number of aryl methyl sites for hydroxylation is 1. The second-order valence-corrected chi connectivity index (χ2v) is 9.78. The van der Waals surface area contributed by atoms with E-state index in [4.69, 9.17) is 0 Å². The van der Waals surface area contributed by atoms with E-state index < -0.39 is 52.4 Å². The summed E-state index contributed by atoms with van der Waals surface area (Å²) >= 11 is 0. The van der Waals surface area contributed by atoms with Crippen molar-refractivity contribution in [2.24, 2.45) is 0 Å². The summed E-state index contributed by atoms with van der Waals surface area (Å²) in [6, 6.07) is 9.64. The number of rotatable bonds is 7. The molecule has 11 heteroatoms. The zero-order chi connectivity index (χ0) is 32.8. The fourth-order valence-electron chi connectivity index (χ4n) is 4.11. The molecule has 4 aromatic rings. The van der Waals surface area contributed by atoms with Crippen molar-refractivity contribution in [1.29, 1.82) is 0 Å². The molecule has 0 fully saturated rings. The molecule has 0 amide bonds. The quantitative estimate of drug-likeness (QED) is 0.115. The van der Waals surface area contributed by atoms with E-state index in [-0.39, 0.29) is 23.3 Å². The van der Waals surface area contributed by atoms with Gasteiger partial charge in [0.2, 0.25) is 0 Å². The molecule has 0 saturated heterocycles. The molecule has 0 aliphatic heterocycles. The minimum atomic E-state index is -5.42. The van der Waals surface area contributed by atoms with Crippen molar-refractivity contribution in [2.45, 2.75) is 44.9 Å². The average molecular weight is 632 g/mol. The van der Waals surface area contributed by atoms with Crippen molar-refractivity contribution >= 4 is 0 Å². The first-order valence-corrected chi connectivity index (χ1v) is 13.5. The summed E-state index contributed by atoms with van der Waals surface area (Å²) in [7, 11) is 0. The molecule has 3 aromatic carbocycles. The van der Waals surface area contributed by atoms with Gasteiger partial charge in [-0.25, -0.2) is 22.5 Å². The van der Waals surface area contributed by atoms with Crippen LogP contribution in [0.15, 0.2) is 66.9 Å². The van der Waals surface area contributed by atoms with Gasteiger partial charge in [0.25, 0.3) is 0 Å². The number of aromatic nitrogens is 1. The van der Waals surface area contributed by atoms with E-state index >= 15 is 0 Å².